The molecule has 0 bridgehead atoms. The van der Waals surface area contributed by atoms with Crippen molar-refractivity contribution in [2.75, 3.05) is 13.2 Å². The molecule has 0 N–H and O–H groups in total. The predicted octanol–water partition coefficient (Wildman–Crippen LogP) is 4.87. The van der Waals surface area contributed by atoms with Crippen LogP contribution in [0.1, 0.15) is 65.2 Å². The molecule has 3 nitrogen and oxygen atoms in total. The topological polar surface area (TPSA) is 38.7 Å². The molecule has 3 fully saturated rings. The van der Waals surface area contributed by atoms with Gasteiger partial charge in [0.1, 0.15) is 6.61 Å². The Balaban J connectivity index is 1.45. The van der Waals surface area contributed by atoms with Gasteiger partial charge in [-0.1, -0.05) is 25.0 Å². The summed E-state index contributed by atoms with van der Waals surface area (Å²) in [6, 6.07) is 0. The smallest absolute Gasteiger partial charge is 0.208 e. The number of allylic oxidation sites excluding steroid dienone is 2. The zero-order chi connectivity index (χ0) is 17.9. The molecule has 4 aliphatic carbocycles. The molecule has 0 aromatic carbocycles. The van der Waals surface area contributed by atoms with E-state index in [1.807, 2.05) is 6.08 Å². The molecule has 0 aromatic heterocycles. The maximum atomic E-state index is 12.0. The molecule has 0 aromatic rings. The Kier molecular flexibility index (Phi) is 3.75. The van der Waals surface area contributed by atoms with E-state index in [9.17, 15) is 4.79 Å². The summed E-state index contributed by atoms with van der Waals surface area (Å²) in [5.74, 6) is 3.62. The molecule has 0 spiro atoms. The molecular formula is C23H31NO2. The molecule has 5 rings (SSSR count). The van der Waals surface area contributed by atoms with Crippen molar-refractivity contribution >= 4 is 11.7 Å². The quantitative estimate of drug-likeness (QED) is 0.674. The van der Waals surface area contributed by atoms with E-state index in [1.54, 1.807) is 5.57 Å². The Morgan fingerprint density at radius 1 is 1.08 bits per heavy atom. The third kappa shape index (κ3) is 2.31. The van der Waals surface area contributed by atoms with Crippen LogP contribution in [0.25, 0.3) is 0 Å². The summed E-state index contributed by atoms with van der Waals surface area (Å²) in [4.78, 5) is 16.5. The maximum absolute atomic E-state index is 12.0. The van der Waals surface area contributed by atoms with Gasteiger partial charge in [0.25, 0.3) is 0 Å². The van der Waals surface area contributed by atoms with Gasteiger partial charge in [-0.3, -0.25) is 4.79 Å². The van der Waals surface area contributed by atoms with E-state index in [0.717, 1.165) is 56.1 Å². The fourth-order valence-electron chi connectivity index (χ4n) is 7.23. The summed E-state index contributed by atoms with van der Waals surface area (Å²) in [5, 5.41) is 0. The molecule has 3 heteroatoms. The highest BCUT2D eigenvalue weighted by molar-refractivity contribution is 5.91. The number of aliphatic imine (C=N–C) groups is 1. The highest BCUT2D eigenvalue weighted by Gasteiger charge is 2.57. The summed E-state index contributed by atoms with van der Waals surface area (Å²) >= 11 is 0. The molecule has 3 saturated carbocycles. The van der Waals surface area contributed by atoms with E-state index in [2.05, 4.69) is 24.9 Å². The van der Waals surface area contributed by atoms with Crippen LogP contribution in [0.2, 0.25) is 0 Å². The molecule has 1 heterocycles. The van der Waals surface area contributed by atoms with Crippen molar-refractivity contribution in [3.8, 4) is 0 Å². The van der Waals surface area contributed by atoms with E-state index in [0.29, 0.717) is 11.2 Å². The SMILES string of the molecule is C[C@]12CCC(=O)C=C1CC[C@@H]1[C@@H]2CC[C@]2(C)/C(=C/C3=NCCO3)CC[C@@H]12. The van der Waals surface area contributed by atoms with Crippen molar-refractivity contribution in [3.63, 3.8) is 0 Å². The van der Waals surface area contributed by atoms with Crippen LogP contribution in [0, 0.1) is 28.6 Å². The lowest BCUT2D eigenvalue weighted by molar-refractivity contribution is -0.117. The van der Waals surface area contributed by atoms with Gasteiger partial charge in [-0.05, 0) is 85.7 Å². The number of rotatable bonds is 1. The average molecular weight is 354 g/mol. The van der Waals surface area contributed by atoms with Crippen LogP contribution >= 0.6 is 0 Å². The molecule has 0 saturated heterocycles. The Morgan fingerprint density at radius 2 is 1.92 bits per heavy atom. The summed E-state index contributed by atoms with van der Waals surface area (Å²) in [6.07, 6.45) is 13.7. The average Bonchev–Trinajstić information content (AvgIpc) is 3.24. The monoisotopic (exact) mass is 353 g/mol. The summed E-state index contributed by atoms with van der Waals surface area (Å²) in [5.41, 5.74) is 3.68. The van der Waals surface area contributed by atoms with E-state index < -0.39 is 0 Å². The highest BCUT2D eigenvalue weighted by Crippen LogP contribution is 2.66. The van der Waals surface area contributed by atoms with Crippen molar-refractivity contribution < 1.29 is 9.53 Å². The van der Waals surface area contributed by atoms with Crippen LogP contribution in [0.4, 0.5) is 0 Å². The third-order valence-corrected chi connectivity index (χ3v) is 8.72. The molecule has 0 radical (unpaired) electrons. The Bertz CT molecular complexity index is 732. The van der Waals surface area contributed by atoms with Crippen LogP contribution in [-0.4, -0.2) is 24.8 Å². The molecule has 26 heavy (non-hydrogen) atoms. The Labute approximate surface area is 157 Å². The van der Waals surface area contributed by atoms with Crippen molar-refractivity contribution in [3.05, 3.63) is 23.3 Å². The van der Waals surface area contributed by atoms with Crippen molar-refractivity contribution in [1.82, 2.24) is 0 Å². The number of fused-ring (bicyclic) bond motifs is 5. The van der Waals surface area contributed by atoms with Crippen LogP contribution < -0.4 is 0 Å². The van der Waals surface area contributed by atoms with Gasteiger partial charge in [0, 0.05) is 6.42 Å². The van der Waals surface area contributed by atoms with Crippen molar-refractivity contribution in [1.29, 1.82) is 0 Å². The standard InChI is InChI=1S/C23H31NO2/c1-22-9-7-17(25)13-15(22)3-5-18-19-6-4-16(14-21-24-11-12-26-21)23(19,2)10-8-20(18)22/h13-14,18-20H,3-12H2,1-2H3/b16-14+/t18-,19-,20-,22-,23+/m0/s1. The third-order valence-electron chi connectivity index (χ3n) is 8.72. The van der Waals surface area contributed by atoms with Gasteiger partial charge in [-0.2, -0.15) is 0 Å². The largest absolute Gasteiger partial charge is 0.476 e. The minimum Gasteiger partial charge on any atom is -0.476 e. The molecule has 0 unspecified atom stereocenters. The molecule has 0 amide bonds. The van der Waals surface area contributed by atoms with Gasteiger partial charge < -0.3 is 4.74 Å². The van der Waals surface area contributed by atoms with Crippen molar-refractivity contribution in [2.45, 2.75) is 65.2 Å². The zero-order valence-electron chi connectivity index (χ0n) is 16.2. The van der Waals surface area contributed by atoms with E-state index in [1.165, 1.54) is 37.7 Å². The Morgan fingerprint density at radius 3 is 2.73 bits per heavy atom. The lowest BCUT2D eigenvalue weighted by Gasteiger charge is -2.57. The van der Waals surface area contributed by atoms with E-state index in [-0.39, 0.29) is 5.41 Å². The van der Waals surface area contributed by atoms with Gasteiger partial charge in [0.15, 0.2) is 5.78 Å². The number of carbonyl (C=O) groups is 1. The number of ether oxygens (including phenoxy) is 1. The minimum absolute atomic E-state index is 0.281. The molecule has 1 aliphatic heterocycles. The maximum Gasteiger partial charge on any atom is 0.208 e. The lowest BCUT2D eigenvalue weighted by atomic mass is 9.47. The van der Waals surface area contributed by atoms with Gasteiger partial charge in [0.2, 0.25) is 5.90 Å². The molecule has 140 valence electrons. The van der Waals surface area contributed by atoms with Gasteiger partial charge in [0.05, 0.1) is 6.54 Å². The molecule has 5 atom stereocenters. The second-order valence-electron chi connectivity index (χ2n) is 9.70. The van der Waals surface area contributed by atoms with Crippen LogP contribution in [0.5, 0.6) is 0 Å². The highest BCUT2D eigenvalue weighted by atomic mass is 16.5. The number of hydrogen-bond donors (Lipinski definition) is 0. The van der Waals surface area contributed by atoms with E-state index >= 15 is 0 Å². The fraction of sp³-hybridized carbons (Fsp3) is 0.739. The van der Waals surface area contributed by atoms with Gasteiger partial charge in [-0.25, -0.2) is 4.99 Å². The minimum atomic E-state index is 0.281. The number of hydrogen-bond acceptors (Lipinski definition) is 3. The summed E-state index contributed by atoms with van der Waals surface area (Å²) in [6.45, 7) is 6.55. The molecular weight excluding hydrogens is 322 g/mol. The zero-order valence-corrected chi connectivity index (χ0v) is 16.2. The predicted molar refractivity (Wildman–Crippen MR) is 103 cm³/mol. The first-order valence-electron chi connectivity index (χ1n) is 10.6. The first-order chi connectivity index (χ1) is 12.5. The van der Waals surface area contributed by atoms with Gasteiger partial charge >= 0.3 is 0 Å². The van der Waals surface area contributed by atoms with Crippen molar-refractivity contribution in [2.24, 2.45) is 33.6 Å². The van der Waals surface area contributed by atoms with Gasteiger partial charge in [-0.15, -0.1) is 0 Å². The van der Waals surface area contributed by atoms with E-state index in [4.69, 9.17) is 4.74 Å². The summed E-state index contributed by atoms with van der Waals surface area (Å²) < 4.78 is 5.68. The number of nitrogens with zero attached hydrogens (tertiary/aromatic N) is 1. The molecule has 5 aliphatic rings. The first kappa shape index (κ1) is 16.8. The first-order valence-corrected chi connectivity index (χ1v) is 10.6. The van der Waals surface area contributed by atoms with Crippen LogP contribution in [0.15, 0.2) is 28.3 Å². The normalized spacial score (nSPS) is 46.2. The van der Waals surface area contributed by atoms with Crippen LogP contribution in [0.3, 0.4) is 0 Å². The fourth-order valence-corrected chi connectivity index (χ4v) is 7.23. The Hall–Kier alpha value is -1.38. The summed E-state index contributed by atoms with van der Waals surface area (Å²) in [7, 11) is 0. The lowest BCUT2D eigenvalue weighted by Crippen LogP contribution is -2.49. The number of ketones is 1. The van der Waals surface area contributed by atoms with Crippen LogP contribution in [-0.2, 0) is 9.53 Å². The second-order valence-corrected chi connectivity index (χ2v) is 9.70. The number of carbonyl (C=O) groups excluding carboxylic acids is 1. The second kappa shape index (κ2) is 5.81.